The van der Waals surface area contributed by atoms with Crippen LogP contribution in [-0.4, -0.2) is 94.6 Å². The molecule has 2 saturated heterocycles. The number of fused-ring (bicyclic) bond motifs is 1. The topological polar surface area (TPSA) is 99.8 Å². The van der Waals surface area contributed by atoms with Crippen LogP contribution in [-0.2, 0) is 20.9 Å². The Labute approximate surface area is 270 Å². The van der Waals surface area contributed by atoms with Crippen LogP contribution in [0.15, 0.2) is 79.1 Å². The van der Waals surface area contributed by atoms with E-state index in [0.29, 0.717) is 44.4 Å². The number of carbonyl (C=O) groups excluding carboxylic acids is 2. The molecule has 10 heteroatoms. The van der Waals surface area contributed by atoms with E-state index in [1.165, 1.54) is 18.4 Å². The van der Waals surface area contributed by atoms with E-state index in [9.17, 15) is 14.7 Å². The lowest BCUT2D eigenvalue weighted by Gasteiger charge is -2.36. The van der Waals surface area contributed by atoms with Crippen LogP contribution in [0.25, 0.3) is 16.6 Å². The first-order chi connectivity index (χ1) is 22.4. The maximum atomic E-state index is 12.9. The van der Waals surface area contributed by atoms with Crippen molar-refractivity contribution in [2.45, 2.75) is 57.6 Å². The van der Waals surface area contributed by atoms with E-state index < -0.39 is 18.5 Å². The number of piperazine rings is 1. The van der Waals surface area contributed by atoms with Crippen LogP contribution in [0.3, 0.4) is 0 Å². The van der Waals surface area contributed by atoms with Crippen LogP contribution in [0.5, 0.6) is 0 Å². The van der Waals surface area contributed by atoms with Gasteiger partial charge in [0.15, 0.2) is 12.6 Å². The molecule has 4 heterocycles. The van der Waals surface area contributed by atoms with Crippen molar-refractivity contribution in [1.29, 1.82) is 0 Å². The van der Waals surface area contributed by atoms with Crippen LogP contribution in [0, 0.1) is 0 Å². The van der Waals surface area contributed by atoms with E-state index in [2.05, 4.69) is 65.3 Å². The molecule has 1 unspecified atom stereocenters. The fourth-order valence-corrected chi connectivity index (χ4v) is 6.45. The second-order valence-electron chi connectivity index (χ2n) is 12.4. The van der Waals surface area contributed by atoms with Gasteiger partial charge in [0, 0.05) is 50.2 Å². The summed E-state index contributed by atoms with van der Waals surface area (Å²) in [5, 5.41) is 14.9. The zero-order valence-corrected chi connectivity index (χ0v) is 26.6. The minimum Gasteiger partial charge on any atom is -0.433 e. The molecule has 46 heavy (non-hydrogen) atoms. The summed E-state index contributed by atoms with van der Waals surface area (Å²) in [7, 11) is 0. The van der Waals surface area contributed by atoms with E-state index >= 15 is 0 Å². The van der Waals surface area contributed by atoms with E-state index in [0.717, 1.165) is 41.0 Å². The van der Waals surface area contributed by atoms with Gasteiger partial charge in [-0.25, -0.2) is 9.31 Å². The quantitative estimate of drug-likeness (QED) is 0.195. The Morgan fingerprint density at radius 1 is 0.957 bits per heavy atom. The number of nitrogens with zero attached hydrogens (tertiary/aromatic N) is 5. The van der Waals surface area contributed by atoms with Gasteiger partial charge in [-0.1, -0.05) is 54.6 Å². The zero-order valence-electron chi connectivity index (χ0n) is 26.6. The Kier molecular flexibility index (Phi) is 9.97. The summed E-state index contributed by atoms with van der Waals surface area (Å²) < 4.78 is 12.6. The summed E-state index contributed by atoms with van der Waals surface area (Å²) >= 11 is 0. The Morgan fingerprint density at radius 3 is 2.35 bits per heavy atom. The maximum Gasteiger partial charge on any atom is 0.410 e. The summed E-state index contributed by atoms with van der Waals surface area (Å²) in [6, 6.07) is 23.1. The average Bonchev–Trinajstić information content (AvgIpc) is 3.55. The molecule has 2 fully saturated rings. The number of aldehydes is 1. The average molecular weight is 626 g/mol. The fraction of sp³-hybridized carbons (Fsp3) is 0.417. The lowest BCUT2D eigenvalue weighted by atomic mass is 9.88. The van der Waals surface area contributed by atoms with Gasteiger partial charge in [-0.05, 0) is 74.5 Å². The normalized spacial score (nSPS) is 17.7. The van der Waals surface area contributed by atoms with Crippen LogP contribution in [0.2, 0.25) is 0 Å². The molecule has 2 aliphatic heterocycles. The number of amides is 1. The second-order valence-corrected chi connectivity index (χ2v) is 12.4. The van der Waals surface area contributed by atoms with E-state index in [4.69, 9.17) is 9.47 Å². The first-order valence-corrected chi connectivity index (χ1v) is 16.2. The summed E-state index contributed by atoms with van der Waals surface area (Å²) in [5.41, 5.74) is 6.56. The van der Waals surface area contributed by atoms with E-state index in [-0.39, 0.29) is 6.61 Å². The number of hydrogen-bond donors (Lipinski definition) is 1. The maximum absolute atomic E-state index is 12.9. The van der Waals surface area contributed by atoms with Gasteiger partial charge in [0.2, 0.25) is 6.10 Å². The number of rotatable bonds is 10. The summed E-state index contributed by atoms with van der Waals surface area (Å²) in [5.74, 6) is 0.615. The number of benzene rings is 2. The molecular formula is C36H43N5O5. The minimum atomic E-state index is -1.56. The summed E-state index contributed by atoms with van der Waals surface area (Å²) in [4.78, 5) is 30.8. The number of aliphatic hydroxyl groups is 1. The molecule has 2 aromatic heterocycles. The molecule has 10 nitrogen and oxygen atoms in total. The van der Waals surface area contributed by atoms with Gasteiger partial charge >= 0.3 is 6.09 Å². The predicted molar refractivity (Wildman–Crippen MR) is 177 cm³/mol. The molecule has 1 N–H and O–H groups in total. The molecule has 6 rings (SSSR count). The van der Waals surface area contributed by atoms with Crippen molar-refractivity contribution in [3.8, 4) is 11.1 Å². The second kappa shape index (κ2) is 14.5. The SMILES string of the molecule is CC(C)N1CCC(c2ccc(-c3cc4c(N5CCN(C(=O)OC(C=O)[C@@H](O)OCc6ccccc6)CC5)ccnn4c3)cc2)CC1. The molecule has 0 radical (unpaired) electrons. The molecule has 2 aliphatic rings. The standard InChI is InChI=1S/C36H43N5O5/c1-26(2)38-16-13-30(14-17-38)28-8-10-29(11-9-28)31-22-33-32(12-15-37-41(33)23-31)39-18-20-40(21-19-39)36(44)46-34(24-42)35(43)45-25-27-6-4-3-5-7-27/h3-12,15,22-24,26,30,34-35,43H,13-14,16-21,25H2,1-2H3/t34?,35-/m0/s1. The highest BCUT2D eigenvalue weighted by atomic mass is 16.6. The molecule has 2 aromatic carbocycles. The molecule has 1 amide bonds. The number of hydrogen-bond acceptors (Lipinski definition) is 8. The lowest BCUT2D eigenvalue weighted by molar-refractivity contribution is -0.171. The number of likely N-dealkylation sites (tertiary alicyclic amines) is 1. The first kappa shape index (κ1) is 31.7. The fourth-order valence-electron chi connectivity index (χ4n) is 6.45. The highest BCUT2D eigenvalue weighted by Crippen LogP contribution is 2.32. The van der Waals surface area contributed by atoms with Crippen molar-refractivity contribution in [3.05, 3.63) is 90.3 Å². The Morgan fingerprint density at radius 2 is 1.67 bits per heavy atom. The van der Waals surface area contributed by atoms with Gasteiger partial charge in [-0.3, -0.25) is 4.79 Å². The van der Waals surface area contributed by atoms with Crippen LogP contribution in [0.1, 0.15) is 43.7 Å². The van der Waals surface area contributed by atoms with Crippen molar-refractivity contribution in [3.63, 3.8) is 0 Å². The minimum absolute atomic E-state index is 0.0910. The number of aliphatic hydroxyl groups excluding tert-OH is 1. The number of piperidine rings is 1. The van der Waals surface area contributed by atoms with Crippen molar-refractivity contribution < 1.29 is 24.2 Å². The number of anilines is 1. The Bertz CT molecular complexity index is 1590. The summed E-state index contributed by atoms with van der Waals surface area (Å²) in [6.45, 7) is 8.94. The van der Waals surface area contributed by atoms with E-state index in [1.807, 2.05) is 40.9 Å². The summed E-state index contributed by atoms with van der Waals surface area (Å²) in [6.07, 6.45) is 3.03. The third kappa shape index (κ3) is 7.25. The third-order valence-electron chi connectivity index (χ3n) is 9.26. The molecule has 0 saturated carbocycles. The molecule has 4 aromatic rings. The molecule has 0 bridgehead atoms. The first-order valence-electron chi connectivity index (χ1n) is 16.2. The van der Waals surface area contributed by atoms with Crippen molar-refractivity contribution >= 4 is 23.6 Å². The molecule has 242 valence electrons. The highest BCUT2D eigenvalue weighted by molar-refractivity contribution is 5.80. The Balaban J connectivity index is 1.05. The molecular weight excluding hydrogens is 582 g/mol. The van der Waals surface area contributed by atoms with E-state index in [1.54, 1.807) is 11.1 Å². The third-order valence-corrected chi connectivity index (χ3v) is 9.26. The van der Waals surface area contributed by atoms with Crippen molar-refractivity contribution in [2.75, 3.05) is 44.2 Å². The molecule has 2 atom stereocenters. The number of ether oxygens (including phenoxy) is 2. The van der Waals surface area contributed by atoms with Gasteiger partial charge in [-0.15, -0.1) is 0 Å². The predicted octanol–water partition coefficient (Wildman–Crippen LogP) is 4.95. The molecule has 0 spiro atoms. The smallest absolute Gasteiger partial charge is 0.410 e. The van der Waals surface area contributed by atoms with Gasteiger partial charge in [0.25, 0.3) is 0 Å². The Hall–Kier alpha value is -4.25. The van der Waals surface area contributed by atoms with Gasteiger partial charge in [-0.2, -0.15) is 5.10 Å². The largest absolute Gasteiger partial charge is 0.433 e. The van der Waals surface area contributed by atoms with Gasteiger partial charge in [0.05, 0.1) is 17.8 Å². The van der Waals surface area contributed by atoms with Crippen LogP contribution >= 0.6 is 0 Å². The number of carbonyl (C=O) groups is 2. The lowest BCUT2D eigenvalue weighted by Crippen LogP contribution is -2.50. The zero-order chi connectivity index (χ0) is 32.0. The van der Waals surface area contributed by atoms with Crippen molar-refractivity contribution in [2.24, 2.45) is 0 Å². The van der Waals surface area contributed by atoms with Gasteiger partial charge < -0.3 is 29.3 Å². The monoisotopic (exact) mass is 625 g/mol. The number of aromatic nitrogens is 2. The highest BCUT2D eigenvalue weighted by Gasteiger charge is 2.29. The van der Waals surface area contributed by atoms with Crippen molar-refractivity contribution in [1.82, 2.24) is 19.4 Å². The molecule has 0 aliphatic carbocycles. The van der Waals surface area contributed by atoms with Crippen LogP contribution in [0.4, 0.5) is 10.5 Å². The van der Waals surface area contributed by atoms with Crippen LogP contribution < -0.4 is 4.90 Å². The van der Waals surface area contributed by atoms with Gasteiger partial charge in [0.1, 0.15) is 0 Å².